The van der Waals surface area contributed by atoms with Gasteiger partial charge in [0.25, 0.3) is 5.91 Å². The number of aromatic nitrogens is 1. The molecule has 6 nitrogen and oxygen atoms in total. The Morgan fingerprint density at radius 2 is 2.35 bits per heavy atom. The highest BCUT2D eigenvalue weighted by Crippen LogP contribution is 2.21. The first-order valence-corrected chi connectivity index (χ1v) is 6.43. The summed E-state index contributed by atoms with van der Waals surface area (Å²) in [4.78, 5) is 15.2. The van der Waals surface area contributed by atoms with Crippen LogP contribution in [-0.4, -0.2) is 42.4 Å². The Morgan fingerprint density at radius 1 is 1.55 bits per heavy atom. The monoisotopic (exact) mass is 277 g/mol. The Labute approximate surface area is 116 Å². The van der Waals surface area contributed by atoms with Gasteiger partial charge >= 0.3 is 0 Å². The second-order valence-corrected chi connectivity index (χ2v) is 4.63. The first-order valence-electron chi connectivity index (χ1n) is 6.43. The van der Waals surface area contributed by atoms with Crippen LogP contribution in [-0.2, 0) is 4.74 Å². The van der Waals surface area contributed by atoms with Gasteiger partial charge in [-0.25, -0.2) is 0 Å². The lowest BCUT2D eigenvalue weighted by Gasteiger charge is -2.16. The lowest BCUT2D eigenvalue weighted by Crippen LogP contribution is -2.38. The second kappa shape index (κ2) is 6.40. The number of hydrogen-bond donors (Lipinski definition) is 4. The third-order valence-electron chi connectivity index (χ3n) is 3.11. The molecule has 1 unspecified atom stereocenters. The summed E-state index contributed by atoms with van der Waals surface area (Å²) in [6, 6.07) is 7.04. The number of aliphatic hydroxyl groups is 1. The van der Waals surface area contributed by atoms with E-state index in [0.29, 0.717) is 24.4 Å². The molecule has 1 atom stereocenters. The van der Waals surface area contributed by atoms with Gasteiger partial charge in [-0.15, -0.1) is 0 Å². The van der Waals surface area contributed by atoms with Crippen molar-refractivity contribution in [3.05, 3.63) is 30.0 Å². The van der Waals surface area contributed by atoms with Gasteiger partial charge in [-0.1, -0.05) is 12.1 Å². The number of carbonyl (C=O) groups is 1. The van der Waals surface area contributed by atoms with Crippen molar-refractivity contribution in [3.63, 3.8) is 0 Å². The molecule has 1 amide bonds. The van der Waals surface area contributed by atoms with E-state index in [9.17, 15) is 4.79 Å². The smallest absolute Gasteiger partial charge is 0.268 e. The maximum Gasteiger partial charge on any atom is 0.268 e. The number of benzene rings is 1. The van der Waals surface area contributed by atoms with Crippen molar-refractivity contribution >= 4 is 22.5 Å². The maximum absolute atomic E-state index is 12.2. The number of nitrogens with one attached hydrogen (secondary N) is 2. The predicted molar refractivity (Wildman–Crippen MR) is 77.5 cm³/mol. The van der Waals surface area contributed by atoms with Crippen LogP contribution in [0.5, 0.6) is 0 Å². The molecule has 2 rings (SSSR count). The lowest BCUT2D eigenvalue weighted by atomic mass is 10.2. The van der Waals surface area contributed by atoms with Crippen LogP contribution in [0.4, 0.5) is 5.69 Å². The van der Waals surface area contributed by atoms with Crippen LogP contribution >= 0.6 is 0 Å². The highest BCUT2D eigenvalue weighted by atomic mass is 16.5. The molecule has 0 fully saturated rings. The molecule has 0 aliphatic heterocycles. The first kappa shape index (κ1) is 14.4. The number of para-hydroxylation sites is 1. The lowest BCUT2D eigenvalue weighted by molar-refractivity contribution is 0.0874. The molecule has 0 bridgehead atoms. The number of aromatic amines is 1. The van der Waals surface area contributed by atoms with Gasteiger partial charge in [0.1, 0.15) is 5.69 Å². The van der Waals surface area contributed by atoms with Crippen molar-refractivity contribution in [1.29, 1.82) is 0 Å². The van der Waals surface area contributed by atoms with Gasteiger partial charge in [-0.2, -0.15) is 0 Å². The summed E-state index contributed by atoms with van der Waals surface area (Å²) in [6.45, 7) is 0.350. The topological polar surface area (TPSA) is 100 Å². The fraction of sp³-hybridized carbons (Fsp3) is 0.357. The molecule has 20 heavy (non-hydrogen) atoms. The standard InChI is InChI=1S/C14H19N3O3/c1-20-8-10(5-6-18)16-14(19)12-7-9-3-2-4-11(15)13(9)17-12/h2-4,7,10,17-18H,5-6,8,15H2,1H3,(H,16,19). The number of anilines is 1. The van der Waals surface area contributed by atoms with Gasteiger partial charge in [-0.05, 0) is 18.6 Å². The molecule has 5 N–H and O–H groups in total. The number of nitrogen functional groups attached to an aromatic ring is 1. The number of rotatable bonds is 6. The molecule has 108 valence electrons. The van der Waals surface area contributed by atoms with E-state index < -0.39 is 0 Å². The normalized spacial score (nSPS) is 12.5. The van der Waals surface area contributed by atoms with E-state index in [1.54, 1.807) is 19.2 Å². The van der Waals surface area contributed by atoms with Crippen LogP contribution in [0.25, 0.3) is 10.9 Å². The zero-order valence-electron chi connectivity index (χ0n) is 11.3. The van der Waals surface area contributed by atoms with Gasteiger partial charge in [-0.3, -0.25) is 4.79 Å². The number of amides is 1. The number of fused-ring (bicyclic) bond motifs is 1. The molecule has 1 aromatic carbocycles. The summed E-state index contributed by atoms with van der Waals surface area (Å²) in [5.41, 5.74) is 7.65. The molecule has 0 aliphatic carbocycles. The maximum atomic E-state index is 12.2. The molecule has 0 aliphatic rings. The van der Waals surface area contributed by atoms with Crippen LogP contribution in [0.15, 0.2) is 24.3 Å². The van der Waals surface area contributed by atoms with Crippen molar-refractivity contribution in [2.75, 3.05) is 26.1 Å². The van der Waals surface area contributed by atoms with Crippen molar-refractivity contribution in [2.24, 2.45) is 0 Å². The Balaban J connectivity index is 2.16. The van der Waals surface area contributed by atoms with E-state index in [4.69, 9.17) is 15.6 Å². The molecular weight excluding hydrogens is 258 g/mol. The van der Waals surface area contributed by atoms with Crippen LogP contribution in [0.3, 0.4) is 0 Å². The zero-order chi connectivity index (χ0) is 14.5. The van der Waals surface area contributed by atoms with Crippen molar-refractivity contribution in [2.45, 2.75) is 12.5 Å². The molecule has 0 radical (unpaired) electrons. The van der Waals surface area contributed by atoms with Crippen molar-refractivity contribution < 1.29 is 14.6 Å². The summed E-state index contributed by atoms with van der Waals surface area (Å²) in [5, 5.41) is 12.7. The molecule has 1 heterocycles. The third kappa shape index (κ3) is 3.09. The second-order valence-electron chi connectivity index (χ2n) is 4.63. The molecular formula is C14H19N3O3. The zero-order valence-corrected chi connectivity index (χ0v) is 11.3. The number of methoxy groups -OCH3 is 1. The van der Waals surface area contributed by atoms with E-state index in [0.717, 1.165) is 10.9 Å². The Bertz CT molecular complexity index is 588. The van der Waals surface area contributed by atoms with Crippen molar-refractivity contribution in [3.8, 4) is 0 Å². The van der Waals surface area contributed by atoms with Gasteiger partial charge in [0.05, 0.1) is 23.9 Å². The number of nitrogens with two attached hydrogens (primary N) is 1. The molecule has 0 spiro atoms. The van der Waals surface area contributed by atoms with E-state index >= 15 is 0 Å². The molecule has 0 saturated carbocycles. The van der Waals surface area contributed by atoms with Gasteiger partial charge in [0.15, 0.2) is 0 Å². The average Bonchev–Trinajstić information content (AvgIpc) is 2.85. The Kier molecular flexibility index (Phi) is 4.60. The molecule has 2 aromatic rings. The number of hydrogen-bond acceptors (Lipinski definition) is 4. The summed E-state index contributed by atoms with van der Waals surface area (Å²) >= 11 is 0. The van der Waals surface area contributed by atoms with E-state index in [-0.39, 0.29) is 18.6 Å². The average molecular weight is 277 g/mol. The highest BCUT2D eigenvalue weighted by molar-refractivity contribution is 6.00. The first-order chi connectivity index (χ1) is 9.65. The highest BCUT2D eigenvalue weighted by Gasteiger charge is 2.15. The summed E-state index contributed by atoms with van der Waals surface area (Å²) in [7, 11) is 1.56. The quantitative estimate of drug-likeness (QED) is 0.589. The number of aliphatic hydroxyl groups excluding tert-OH is 1. The van der Waals surface area contributed by atoms with Gasteiger partial charge in [0, 0.05) is 19.1 Å². The van der Waals surface area contributed by atoms with E-state index in [2.05, 4.69) is 10.3 Å². The minimum atomic E-state index is -0.240. The predicted octanol–water partition coefficient (Wildman–Crippen LogP) is 0.877. The van der Waals surface area contributed by atoms with E-state index in [1.807, 2.05) is 12.1 Å². The largest absolute Gasteiger partial charge is 0.397 e. The molecule has 0 saturated heterocycles. The van der Waals surface area contributed by atoms with Crippen LogP contribution < -0.4 is 11.1 Å². The summed E-state index contributed by atoms with van der Waals surface area (Å²) < 4.78 is 5.02. The minimum absolute atomic E-state index is 0.00600. The van der Waals surface area contributed by atoms with Crippen molar-refractivity contribution in [1.82, 2.24) is 10.3 Å². The Hall–Kier alpha value is -2.05. The minimum Gasteiger partial charge on any atom is -0.397 e. The number of carbonyl (C=O) groups excluding carboxylic acids is 1. The summed E-state index contributed by atoms with van der Waals surface area (Å²) in [6.07, 6.45) is 0.446. The number of ether oxygens (including phenoxy) is 1. The van der Waals surface area contributed by atoms with Crippen LogP contribution in [0.1, 0.15) is 16.9 Å². The van der Waals surface area contributed by atoms with Crippen LogP contribution in [0, 0.1) is 0 Å². The van der Waals surface area contributed by atoms with Gasteiger partial charge in [0.2, 0.25) is 0 Å². The summed E-state index contributed by atoms with van der Waals surface area (Å²) in [5.74, 6) is -0.240. The SMILES string of the molecule is COCC(CCO)NC(=O)c1cc2cccc(N)c2[nH]1. The fourth-order valence-corrected chi connectivity index (χ4v) is 2.12. The fourth-order valence-electron chi connectivity index (χ4n) is 2.12. The van der Waals surface area contributed by atoms with Crippen LogP contribution in [0.2, 0.25) is 0 Å². The Morgan fingerprint density at radius 3 is 3.00 bits per heavy atom. The van der Waals surface area contributed by atoms with E-state index in [1.165, 1.54) is 0 Å². The number of H-pyrrole nitrogens is 1. The molecule has 6 heteroatoms. The molecule has 1 aromatic heterocycles. The third-order valence-corrected chi connectivity index (χ3v) is 3.11. The van der Waals surface area contributed by atoms with Gasteiger partial charge < -0.3 is 25.9 Å².